The van der Waals surface area contributed by atoms with Gasteiger partial charge in [-0.3, -0.25) is 10.1 Å². The van der Waals surface area contributed by atoms with E-state index >= 15 is 0 Å². The highest BCUT2D eigenvalue weighted by Crippen LogP contribution is 2.26. The first kappa shape index (κ1) is 12.4. The van der Waals surface area contributed by atoms with Crippen molar-refractivity contribution in [2.75, 3.05) is 7.11 Å². The summed E-state index contributed by atoms with van der Waals surface area (Å²) in [4.78, 5) is 20.8. The van der Waals surface area contributed by atoms with Crippen LogP contribution in [-0.4, -0.2) is 18.0 Å². The molecule has 0 atom stereocenters. The zero-order valence-electron chi connectivity index (χ0n) is 8.20. The van der Waals surface area contributed by atoms with Crippen LogP contribution in [0.3, 0.4) is 0 Å². The van der Waals surface area contributed by atoms with Gasteiger partial charge in [-0.05, 0) is 12.1 Å². The molecule has 0 saturated heterocycles. The Balaban J connectivity index is 3.37. The minimum Gasteiger partial charge on any atom is -0.465 e. The quantitative estimate of drug-likeness (QED) is 0.356. The second-order valence-electron chi connectivity index (χ2n) is 2.85. The number of benzene rings is 1. The molecule has 7 heteroatoms. The van der Waals surface area contributed by atoms with E-state index in [2.05, 4.69) is 4.74 Å². The molecule has 0 saturated carbocycles. The van der Waals surface area contributed by atoms with Gasteiger partial charge in [-0.25, -0.2) is 4.79 Å². The van der Waals surface area contributed by atoms with Crippen LogP contribution in [0.4, 0.5) is 10.1 Å². The van der Waals surface area contributed by atoms with Gasteiger partial charge in [-0.15, -0.1) is 11.6 Å². The first-order valence-corrected chi connectivity index (χ1v) is 4.65. The normalized spacial score (nSPS) is 9.94. The second-order valence-corrected chi connectivity index (χ2v) is 3.12. The van der Waals surface area contributed by atoms with Crippen LogP contribution in [-0.2, 0) is 10.6 Å². The summed E-state index contributed by atoms with van der Waals surface area (Å²) in [6.07, 6.45) is 0. The van der Waals surface area contributed by atoms with Crippen molar-refractivity contribution in [2.45, 2.75) is 5.88 Å². The molecule has 0 aliphatic heterocycles. The Hall–Kier alpha value is -1.69. The fourth-order valence-electron chi connectivity index (χ4n) is 1.20. The van der Waals surface area contributed by atoms with E-state index in [0.717, 1.165) is 19.2 Å². The minimum atomic E-state index is -1.11. The van der Waals surface area contributed by atoms with E-state index in [9.17, 15) is 19.3 Å². The van der Waals surface area contributed by atoms with Crippen molar-refractivity contribution in [3.63, 3.8) is 0 Å². The zero-order valence-corrected chi connectivity index (χ0v) is 8.95. The topological polar surface area (TPSA) is 69.4 Å². The number of carbonyl (C=O) groups is 1. The summed E-state index contributed by atoms with van der Waals surface area (Å²) in [7, 11) is 1.13. The Morgan fingerprint density at radius 1 is 1.62 bits per heavy atom. The third kappa shape index (κ3) is 2.27. The SMILES string of the molecule is COC(=O)c1cc(F)c([N+](=O)[O-])c(CCl)c1. The summed E-state index contributed by atoms with van der Waals surface area (Å²) >= 11 is 5.44. The molecule has 1 rings (SSSR count). The van der Waals surface area contributed by atoms with Crippen LogP contribution in [0.25, 0.3) is 0 Å². The molecule has 1 aromatic carbocycles. The summed E-state index contributed by atoms with van der Waals surface area (Å²) < 4.78 is 17.7. The highest BCUT2D eigenvalue weighted by molar-refractivity contribution is 6.17. The smallest absolute Gasteiger partial charge is 0.337 e. The van der Waals surface area contributed by atoms with Gasteiger partial charge in [0.15, 0.2) is 0 Å². The fraction of sp³-hybridized carbons (Fsp3) is 0.222. The molecule has 16 heavy (non-hydrogen) atoms. The van der Waals surface area contributed by atoms with Crippen molar-refractivity contribution < 1.29 is 18.8 Å². The second kappa shape index (κ2) is 4.89. The number of alkyl halides is 1. The van der Waals surface area contributed by atoms with Crippen molar-refractivity contribution in [3.05, 3.63) is 39.2 Å². The molecule has 0 spiro atoms. The maximum absolute atomic E-state index is 13.3. The van der Waals surface area contributed by atoms with Crippen molar-refractivity contribution in [1.29, 1.82) is 0 Å². The third-order valence-corrected chi connectivity index (χ3v) is 2.18. The lowest BCUT2D eigenvalue weighted by Gasteiger charge is -2.04. The maximum atomic E-state index is 13.3. The van der Waals surface area contributed by atoms with Gasteiger partial charge in [-0.2, -0.15) is 4.39 Å². The van der Waals surface area contributed by atoms with Crippen LogP contribution in [0.1, 0.15) is 15.9 Å². The highest BCUT2D eigenvalue weighted by Gasteiger charge is 2.23. The Kier molecular flexibility index (Phi) is 3.78. The lowest BCUT2D eigenvalue weighted by atomic mass is 10.1. The number of methoxy groups -OCH3 is 1. The molecule has 0 radical (unpaired) electrons. The number of hydrogen-bond donors (Lipinski definition) is 0. The van der Waals surface area contributed by atoms with Crippen molar-refractivity contribution in [3.8, 4) is 0 Å². The summed E-state index contributed by atoms with van der Waals surface area (Å²) in [5.41, 5.74) is -0.893. The molecule has 0 fully saturated rings. The van der Waals surface area contributed by atoms with E-state index in [1.165, 1.54) is 0 Å². The predicted octanol–water partition coefficient (Wildman–Crippen LogP) is 2.26. The Bertz CT molecular complexity index is 449. The van der Waals surface area contributed by atoms with E-state index in [1.807, 2.05) is 0 Å². The number of nitro groups is 1. The number of carbonyl (C=O) groups excluding carboxylic acids is 1. The van der Waals surface area contributed by atoms with E-state index in [1.54, 1.807) is 0 Å². The summed E-state index contributed by atoms with van der Waals surface area (Å²) in [6.45, 7) is 0. The van der Waals surface area contributed by atoms with Crippen molar-refractivity contribution in [1.82, 2.24) is 0 Å². The molecule has 0 aromatic heterocycles. The number of hydrogen-bond acceptors (Lipinski definition) is 4. The first-order chi connectivity index (χ1) is 7.51. The van der Waals surface area contributed by atoms with Crippen LogP contribution in [0.2, 0.25) is 0 Å². The standard InChI is InChI=1S/C9H7ClFNO4/c1-16-9(13)5-2-6(4-10)8(12(14)15)7(11)3-5/h2-3H,4H2,1H3. The number of esters is 1. The number of nitrogens with zero attached hydrogens (tertiary/aromatic N) is 1. The number of ether oxygens (including phenoxy) is 1. The predicted molar refractivity (Wildman–Crippen MR) is 54.0 cm³/mol. The van der Waals surface area contributed by atoms with E-state index in [-0.39, 0.29) is 17.0 Å². The zero-order chi connectivity index (χ0) is 12.3. The van der Waals surface area contributed by atoms with Gasteiger partial charge in [-0.1, -0.05) is 0 Å². The molecule has 0 aliphatic carbocycles. The minimum absolute atomic E-state index is 0.0629. The summed E-state index contributed by atoms with van der Waals surface area (Å²) in [6, 6.07) is 1.89. The van der Waals surface area contributed by atoms with Gasteiger partial charge >= 0.3 is 11.7 Å². The van der Waals surface area contributed by atoms with E-state index in [4.69, 9.17) is 11.6 Å². The Morgan fingerprint density at radius 2 is 2.25 bits per heavy atom. The first-order valence-electron chi connectivity index (χ1n) is 4.12. The number of halogens is 2. The molecule has 0 aliphatic rings. The number of nitro benzene ring substituents is 1. The van der Waals surface area contributed by atoms with Gasteiger partial charge in [0.25, 0.3) is 0 Å². The van der Waals surface area contributed by atoms with Crippen LogP contribution in [0, 0.1) is 15.9 Å². The molecular formula is C9H7ClFNO4. The Morgan fingerprint density at radius 3 is 2.69 bits per heavy atom. The van der Waals surface area contributed by atoms with Gasteiger partial charge < -0.3 is 4.74 Å². The third-order valence-electron chi connectivity index (χ3n) is 1.89. The maximum Gasteiger partial charge on any atom is 0.337 e. The van der Waals surface area contributed by atoms with E-state index < -0.39 is 22.4 Å². The largest absolute Gasteiger partial charge is 0.465 e. The highest BCUT2D eigenvalue weighted by atomic mass is 35.5. The molecule has 0 unspecified atom stereocenters. The lowest BCUT2D eigenvalue weighted by molar-refractivity contribution is -0.388. The monoisotopic (exact) mass is 247 g/mol. The molecule has 0 N–H and O–H groups in total. The molecule has 0 heterocycles. The Labute approximate surface area is 94.9 Å². The fourth-order valence-corrected chi connectivity index (χ4v) is 1.40. The van der Waals surface area contributed by atoms with Crippen molar-refractivity contribution >= 4 is 23.3 Å². The van der Waals surface area contributed by atoms with Gasteiger partial charge in [0.1, 0.15) is 0 Å². The molecule has 0 amide bonds. The van der Waals surface area contributed by atoms with Gasteiger partial charge in [0.05, 0.1) is 23.5 Å². The van der Waals surface area contributed by atoms with Crippen LogP contribution in [0.5, 0.6) is 0 Å². The van der Waals surface area contributed by atoms with Crippen LogP contribution in [0.15, 0.2) is 12.1 Å². The van der Waals surface area contributed by atoms with Gasteiger partial charge in [0, 0.05) is 5.56 Å². The molecular weight excluding hydrogens is 241 g/mol. The van der Waals surface area contributed by atoms with Gasteiger partial charge in [0.2, 0.25) is 5.82 Å². The summed E-state index contributed by atoms with van der Waals surface area (Å²) in [5.74, 6) is -2.15. The average molecular weight is 248 g/mol. The van der Waals surface area contributed by atoms with E-state index in [0.29, 0.717) is 0 Å². The molecule has 86 valence electrons. The van der Waals surface area contributed by atoms with Crippen molar-refractivity contribution in [2.24, 2.45) is 0 Å². The van der Waals surface area contributed by atoms with Crippen LogP contribution < -0.4 is 0 Å². The average Bonchev–Trinajstić information content (AvgIpc) is 2.26. The lowest BCUT2D eigenvalue weighted by Crippen LogP contribution is -2.05. The van der Waals surface area contributed by atoms with Crippen LogP contribution >= 0.6 is 11.6 Å². The number of rotatable bonds is 3. The molecule has 5 nitrogen and oxygen atoms in total. The molecule has 0 bridgehead atoms. The summed E-state index contributed by atoms with van der Waals surface area (Å²) in [5, 5.41) is 10.5. The molecule has 1 aromatic rings.